The molecule has 0 unspecified atom stereocenters. The number of carbonyl (C=O) groups excluding carboxylic acids is 1. The second-order valence-electron chi connectivity index (χ2n) is 9.52. The molecule has 1 aliphatic rings. The molecule has 1 aliphatic heterocycles. The highest BCUT2D eigenvalue weighted by molar-refractivity contribution is 6.22. The highest BCUT2D eigenvalue weighted by Crippen LogP contribution is 2.50. The fraction of sp³-hybridized carbons (Fsp3) is 0.100. The van der Waals surface area contributed by atoms with Crippen LogP contribution in [0.1, 0.15) is 33.2 Å². The Morgan fingerprint density at radius 1 is 0.775 bits per heavy atom. The summed E-state index contributed by atoms with van der Waals surface area (Å²) < 4.78 is 12.3. The van der Waals surface area contributed by atoms with Crippen LogP contribution in [0.2, 0.25) is 0 Å². The molecule has 1 aromatic heterocycles. The van der Waals surface area contributed by atoms with Gasteiger partial charge in [-0.3, -0.25) is 4.79 Å². The van der Waals surface area contributed by atoms with E-state index in [0.29, 0.717) is 11.1 Å². The quantitative estimate of drug-likeness (QED) is 0.0963. The van der Waals surface area contributed by atoms with E-state index in [-0.39, 0.29) is 57.3 Å². The van der Waals surface area contributed by atoms with Crippen molar-refractivity contribution in [3.8, 4) is 51.6 Å². The lowest BCUT2D eigenvalue weighted by Crippen LogP contribution is -2.30. The standard InChI is InChI=1S/C30H22O10/c31-15-5-1-13(2-6-15)28-22(36)11-18-20(34)12-23-24(30(18)40-28)25(29(39-23)14-3-7-16(32)8-4-14)27(38)19-9-17(33)10-21(35)26(19)37/h1-10,12,22,28,31-37H,11H2/t22-,28+/m0/s1. The van der Waals surface area contributed by atoms with Gasteiger partial charge in [-0.15, -0.1) is 0 Å². The molecule has 0 saturated heterocycles. The zero-order chi connectivity index (χ0) is 28.3. The summed E-state index contributed by atoms with van der Waals surface area (Å²) in [7, 11) is 0. The fourth-order valence-corrected chi connectivity index (χ4v) is 5.00. The van der Waals surface area contributed by atoms with Crippen LogP contribution in [0.3, 0.4) is 0 Å². The van der Waals surface area contributed by atoms with Gasteiger partial charge in [0.2, 0.25) is 5.78 Å². The third-order valence-electron chi connectivity index (χ3n) is 6.92. The first-order chi connectivity index (χ1) is 19.1. The van der Waals surface area contributed by atoms with Gasteiger partial charge in [0.15, 0.2) is 11.5 Å². The minimum Gasteiger partial charge on any atom is -0.508 e. The molecule has 202 valence electrons. The van der Waals surface area contributed by atoms with Gasteiger partial charge in [-0.05, 0) is 48.0 Å². The molecular weight excluding hydrogens is 520 g/mol. The van der Waals surface area contributed by atoms with E-state index in [0.717, 1.165) is 12.1 Å². The molecule has 7 N–H and O–H groups in total. The second-order valence-corrected chi connectivity index (χ2v) is 9.52. The molecule has 2 atom stereocenters. The van der Waals surface area contributed by atoms with Crippen LogP contribution in [0.4, 0.5) is 0 Å². The van der Waals surface area contributed by atoms with Gasteiger partial charge in [0.25, 0.3) is 0 Å². The highest BCUT2D eigenvalue weighted by Gasteiger charge is 2.37. The molecule has 10 nitrogen and oxygen atoms in total. The third kappa shape index (κ3) is 3.98. The Labute approximate surface area is 225 Å². The third-order valence-corrected chi connectivity index (χ3v) is 6.92. The van der Waals surface area contributed by atoms with Crippen LogP contribution in [0.5, 0.6) is 40.2 Å². The van der Waals surface area contributed by atoms with Crippen molar-refractivity contribution in [2.24, 2.45) is 0 Å². The Hall–Kier alpha value is -5.35. The molecule has 0 fully saturated rings. The number of aliphatic hydroxyl groups excluding tert-OH is 1. The van der Waals surface area contributed by atoms with Crippen LogP contribution in [0.15, 0.2) is 71.1 Å². The van der Waals surface area contributed by atoms with E-state index in [1.165, 1.54) is 42.5 Å². The van der Waals surface area contributed by atoms with Gasteiger partial charge in [-0.2, -0.15) is 0 Å². The first-order valence-electron chi connectivity index (χ1n) is 12.2. The summed E-state index contributed by atoms with van der Waals surface area (Å²) in [6.45, 7) is 0. The minimum atomic E-state index is -1.09. The number of phenols is 6. The van der Waals surface area contributed by atoms with Crippen molar-refractivity contribution in [1.29, 1.82) is 0 Å². The lowest BCUT2D eigenvalue weighted by molar-refractivity contribution is 0.0211. The average molecular weight is 542 g/mol. The molecule has 2 heterocycles. The van der Waals surface area contributed by atoms with E-state index >= 15 is 0 Å². The number of ether oxygens (including phenoxy) is 1. The first kappa shape index (κ1) is 25.0. The first-order valence-corrected chi connectivity index (χ1v) is 12.2. The van der Waals surface area contributed by atoms with Crippen molar-refractivity contribution in [2.75, 3.05) is 0 Å². The van der Waals surface area contributed by atoms with E-state index in [4.69, 9.17) is 9.15 Å². The van der Waals surface area contributed by atoms with Gasteiger partial charge in [0.05, 0.1) is 22.6 Å². The van der Waals surface area contributed by atoms with Crippen molar-refractivity contribution in [3.05, 3.63) is 89.0 Å². The Kier molecular flexibility index (Phi) is 5.70. The zero-order valence-corrected chi connectivity index (χ0v) is 20.6. The van der Waals surface area contributed by atoms with Crippen molar-refractivity contribution >= 4 is 16.8 Å². The summed E-state index contributed by atoms with van der Waals surface area (Å²) in [5, 5.41) is 72.0. The summed E-state index contributed by atoms with van der Waals surface area (Å²) in [5.41, 5.74) is 0.613. The Bertz CT molecular complexity index is 1790. The number of fused-ring (bicyclic) bond motifs is 3. The SMILES string of the molecule is O=C(c1cc(O)cc(O)c1O)c1c(-c2ccc(O)cc2)oc2cc(O)c3c(c12)O[C@H](c1ccc(O)cc1)[C@@H](O)C3. The molecule has 5 aromatic rings. The summed E-state index contributed by atoms with van der Waals surface area (Å²) in [6.07, 6.45) is -2.07. The number of rotatable bonds is 4. The Morgan fingerprint density at radius 3 is 2.10 bits per heavy atom. The number of carbonyl (C=O) groups is 1. The number of benzene rings is 4. The van der Waals surface area contributed by atoms with Crippen molar-refractivity contribution in [3.63, 3.8) is 0 Å². The number of aromatic hydroxyl groups is 6. The molecule has 4 aromatic carbocycles. The smallest absolute Gasteiger partial charge is 0.201 e. The number of hydrogen-bond donors (Lipinski definition) is 7. The zero-order valence-electron chi connectivity index (χ0n) is 20.6. The Morgan fingerprint density at radius 2 is 1.43 bits per heavy atom. The van der Waals surface area contributed by atoms with E-state index in [2.05, 4.69) is 0 Å². The van der Waals surface area contributed by atoms with Crippen molar-refractivity contribution < 1.29 is 49.7 Å². The van der Waals surface area contributed by atoms with Crippen LogP contribution >= 0.6 is 0 Å². The van der Waals surface area contributed by atoms with Crippen LogP contribution in [0, 0.1) is 0 Å². The normalized spacial score (nSPS) is 16.4. The topological polar surface area (TPSA) is 181 Å². The largest absolute Gasteiger partial charge is 0.508 e. The van der Waals surface area contributed by atoms with E-state index < -0.39 is 40.8 Å². The summed E-state index contributed by atoms with van der Waals surface area (Å²) >= 11 is 0. The minimum absolute atomic E-state index is 0.00550. The summed E-state index contributed by atoms with van der Waals surface area (Å²) in [5.74, 6) is -2.98. The maximum Gasteiger partial charge on any atom is 0.201 e. The van der Waals surface area contributed by atoms with Crippen LogP contribution in [0.25, 0.3) is 22.3 Å². The average Bonchev–Trinajstić information content (AvgIpc) is 3.30. The Balaban J connectivity index is 1.63. The van der Waals surface area contributed by atoms with Gasteiger partial charge < -0.3 is 44.9 Å². The van der Waals surface area contributed by atoms with Crippen LogP contribution < -0.4 is 4.74 Å². The van der Waals surface area contributed by atoms with Crippen molar-refractivity contribution in [1.82, 2.24) is 0 Å². The lowest BCUT2D eigenvalue weighted by atomic mass is 9.90. The monoisotopic (exact) mass is 542 g/mol. The molecular formula is C30H22O10. The number of ketones is 1. The van der Waals surface area contributed by atoms with Crippen molar-refractivity contribution in [2.45, 2.75) is 18.6 Å². The number of hydrogen-bond acceptors (Lipinski definition) is 10. The lowest BCUT2D eigenvalue weighted by Gasteiger charge is -2.31. The van der Waals surface area contributed by atoms with Crippen LogP contribution in [-0.4, -0.2) is 47.6 Å². The molecule has 10 heteroatoms. The molecule has 0 saturated carbocycles. The predicted molar refractivity (Wildman–Crippen MR) is 141 cm³/mol. The summed E-state index contributed by atoms with van der Waals surface area (Å²) in [4.78, 5) is 14.0. The maximum absolute atomic E-state index is 14.0. The van der Waals surface area contributed by atoms with Gasteiger partial charge in [0, 0.05) is 29.7 Å². The fourth-order valence-electron chi connectivity index (χ4n) is 5.00. The number of aliphatic hydroxyl groups is 1. The molecule has 0 amide bonds. The predicted octanol–water partition coefficient (Wildman–Crippen LogP) is 4.60. The van der Waals surface area contributed by atoms with E-state index in [1.807, 2.05) is 0 Å². The van der Waals surface area contributed by atoms with E-state index in [1.54, 1.807) is 12.1 Å². The second kappa shape index (κ2) is 9.14. The molecule has 0 radical (unpaired) electrons. The number of phenolic OH excluding ortho intramolecular Hbond substituents is 6. The van der Waals surface area contributed by atoms with Crippen LogP contribution in [-0.2, 0) is 6.42 Å². The van der Waals surface area contributed by atoms with Gasteiger partial charge in [0.1, 0.15) is 46.2 Å². The molecule has 0 bridgehead atoms. The molecule has 6 rings (SSSR count). The number of furan rings is 1. The molecule has 40 heavy (non-hydrogen) atoms. The maximum atomic E-state index is 14.0. The molecule has 0 aliphatic carbocycles. The van der Waals surface area contributed by atoms with Gasteiger partial charge in [-0.25, -0.2) is 0 Å². The summed E-state index contributed by atoms with van der Waals surface area (Å²) in [6, 6.07) is 14.9. The molecule has 0 spiro atoms. The van der Waals surface area contributed by atoms with E-state index in [9.17, 15) is 40.5 Å². The van der Waals surface area contributed by atoms with Gasteiger partial charge in [-0.1, -0.05) is 12.1 Å². The highest BCUT2D eigenvalue weighted by atomic mass is 16.5. The van der Waals surface area contributed by atoms with Gasteiger partial charge >= 0.3 is 0 Å².